The molecule has 0 spiro atoms. The number of nitrogens with one attached hydrogen (secondary N) is 1. The third-order valence-corrected chi connectivity index (χ3v) is 2.88. The van der Waals surface area contributed by atoms with Gasteiger partial charge in [0.2, 0.25) is 0 Å². The Hall–Kier alpha value is -1.32. The molecule has 1 N–H and O–H groups in total. The number of aryl methyl sites for hydroxylation is 1. The molecular formula is C11H16N2O2. The summed E-state index contributed by atoms with van der Waals surface area (Å²) in [5.74, 6) is 0.472. The van der Waals surface area contributed by atoms with Gasteiger partial charge < -0.3 is 4.74 Å². The van der Waals surface area contributed by atoms with Crippen LogP contribution in [-0.2, 0) is 16.0 Å². The van der Waals surface area contributed by atoms with Gasteiger partial charge in [0.25, 0.3) is 0 Å². The Bertz CT molecular complexity index is 367. The van der Waals surface area contributed by atoms with E-state index in [-0.39, 0.29) is 5.97 Å². The quantitative estimate of drug-likeness (QED) is 0.766. The molecule has 4 heteroatoms. The zero-order valence-electron chi connectivity index (χ0n) is 9.17. The van der Waals surface area contributed by atoms with Crippen LogP contribution in [0, 0.1) is 6.92 Å². The van der Waals surface area contributed by atoms with Gasteiger partial charge in [0, 0.05) is 18.0 Å². The van der Waals surface area contributed by atoms with E-state index >= 15 is 0 Å². The summed E-state index contributed by atoms with van der Waals surface area (Å²) in [6.45, 7) is 2.01. The highest BCUT2D eigenvalue weighted by Gasteiger charge is 2.29. The van der Waals surface area contributed by atoms with E-state index in [9.17, 15) is 4.79 Å². The van der Waals surface area contributed by atoms with E-state index in [0.29, 0.717) is 12.3 Å². The number of ether oxygens (including phenoxy) is 1. The Morgan fingerprint density at radius 1 is 1.60 bits per heavy atom. The first-order valence-electron chi connectivity index (χ1n) is 5.33. The van der Waals surface area contributed by atoms with Crippen LogP contribution in [0.15, 0.2) is 0 Å². The number of methoxy groups -OCH3 is 1. The van der Waals surface area contributed by atoms with Gasteiger partial charge in [0.05, 0.1) is 12.8 Å². The number of hydrogen-bond acceptors (Lipinski definition) is 3. The van der Waals surface area contributed by atoms with E-state index in [1.54, 1.807) is 0 Å². The van der Waals surface area contributed by atoms with Crippen LogP contribution < -0.4 is 0 Å². The molecule has 2 rings (SSSR count). The molecule has 15 heavy (non-hydrogen) atoms. The molecule has 82 valence electrons. The Morgan fingerprint density at radius 2 is 2.33 bits per heavy atom. The predicted octanol–water partition coefficient (Wildman–Crippen LogP) is 1.70. The molecule has 0 saturated heterocycles. The molecule has 1 aromatic heterocycles. The summed E-state index contributed by atoms with van der Waals surface area (Å²) in [5, 5.41) is 7.30. The van der Waals surface area contributed by atoms with E-state index in [2.05, 4.69) is 14.9 Å². The van der Waals surface area contributed by atoms with Crippen molar-refractivity contribution < 1.29 is 9.53 Å². The van der Waals surface area contributed by atoms with E-state index in [4.69, 9.17) is 0 Å². The first kappa shape index (κ1) is 10.2. The van der Waals surface area contributed by atoms with Gasteiger partial charge >= 0.3 is 5.97 Å². The minimum Gasteiger partial charge on any atom is -0.469 e. The fourth-order valence-electron chi connectivity index (χ4n) is 1.81. The summed E-state index contributed by atoms with van der Waals surface area (Å²) in [5.41, 5.74) is 3.46. The van der Waals surface area contributed by atoms with Crippen LogP contribution in [0.25, 0.3) is 0 Å². The van der Waals surface area contributed by atoms with Gasteiger partial charge in [-0.05, 0) is 31.7 Å². The number of hydrogen-bond donors (Lipinski definition) is 1. The second kappa shape index (κ2) is 4.04. The number of nitrogens with zero attached hydrogens (tertiary/aromatic N) is 1. The molecular weight excluding hydrogens is 192 g/mol. The molecule has 0 amide bonds. The van der Waals surface area contributed by atoms with Crippen molar-refractivity contribution in [1.29, 1.82) is 0 Å². The summed E-state index contributed by atoms with van der Waals surface area (Å²) < 4.78 is 4.63. The molecule has 4 nitrogen and oxygen atoms in total. The Balaban J connectivity index is 2.05. The monoisotopic (exact) mass is 208 g/mol. The molecule has 0 unspecified atom stereocenters. The largest absolute Gasteiger partial charge is 0.469 e. The van der Waals surface area contributed by atoms with Crippen LogP contribution in [-0.4, -0.2) is 23.3 Å². The van der Waals surface area contributed by atoms with E-state index in [1.807, 2.05) is 6.92 Å². The topological polar surface area (TPSA) is 55.0 Å². The maximum atomic E-state index is 11.1. The van der Waals surface area contributed by atoms with Crippen molar-refractivity contribution in [3.8, 4) is 0 Å². The minimum absolute atomic E-state index is 0.155. The number of rotatable bonds is 4. The third-order valence-electron chi connectivity index (χ3n) is 2.88. The van der Waals surface area contributed by atoms with Crippen molar-refractivity contribution in [3.63, 3.8) is 0 Å². The van der Waals surface area contributed by atoms with Crippen molar-refractivity contribution in [2.24, 2.45) is 0 Å². The molecule has 0 bridgehead atoms. The van der Waals surface area contributed by atoms with Gasteiger partial charge in [0.1, 0.15) is 0 Å². The average Bonchev–Trinajstić information content (AvgIpc) is 3.01. The Labute approximate surface area is 89.0 Å². The standard InChI is InChI=1S/C11H16N2O2/c1-7-9(5-6-10(14)15-2)11(13-12-7)8-3-4-8/h8H,3-6H2,1-2H3,(H,12,13). The van der Waals surface area contributed by atoms with Gasteiger partial charge in [-0.25, -0.2) is 0 Å². The van der Waals surface area contributed by atoms with Crippen molar-refractivity contribution in [2.75, 3.05) is 7.11 Å². The zero-order chi connectivity index (χ0) is 10.8. The summed E-state index contributed by atoms with van der Waals surface area (Å²) in [6.07, 6.45) is 3.64. The molecule has 1 aliphatic carbocycles. The van der Waals surface area contributed by atoms with Gasteiger partial charge in [-0.15, -0.1) is 0 Å². The fourth-order valence-corrected chi connectivity index (χ4v) is 1.81. The lowest BCUT2D eigenvalue weighted by atomic mass is 10.1. The van der Waals surface area contributed by atoms with Gasteiger partial charge in [-0.3, -0.25) is 9.89 Å². The summed E-state index contributed by atoms with van der Waals surface area (Å²) in [4.78, 5) is 11.1. The first-order valence-corrected chi connectivity index (χ1v) is 5.33. The minimum atomic E-state index is -0.155. The average molecular weight is 208 g/mol. The lowest BCUT2D eigenvalue weighted by molar-refractivity contribution is -0.140. The van der Waals surface area contributed by atoms with Gasteiger partial charge in [-0.1, -0.05) is 0 Å². The summed E-state index contributed by atoms with van der Waals surface area (Å²) in [6, 6.07) is 0. The van der Waals surface area contributed by atoms with E-state index in [0.717, 1.165) is 17.8 Å². The molecule has 1 saturated carbocycles. The number of esters is 1. The van der Waals surface area contributed by atoms with Crippen LogP contribution in [0.3, 0.4) is 0 Å². The van der Waals surface area contributed by atoms with E-state index in [1.165, 1.54) is 25.5 Å². The Morgan fingerprint density at radius 3 is 2.93 bits per heavy atom. The van der Waals surface area contributed by atoms with Crippen LogP contribution in [0.2, 0.25) is 0 Å². The molecule has 0 aromatic carbocycles. The molecule has 1 fully saturated rings. The van der Waals surface area contributed by atoms with Crippen molar-refractivity contribution in [3.05, 3.63) is 17.0 Å². The summed E-state index contributed by atoms with van der Waals surface area (Å²) >= 11 is 0. The van der Waals surface area contributed by atoms with Crippen molar-refractivity contribution in [2.45, 2.75) is 38.5 Å². The number of carbonyl (C=O) groups is 1. The SMILES string of the molecule is COC(=O)CCc1c(C2CC2)n[nH]c1C. The fraction of sp³-hybridized carbons (Fsp3) is 0.636. The molecule has 1 aromatic rings. The highest BCUT2D eigenvalue weighted by atomic mass is 16.5. The number of aromatic amines is 1. The normalized spacial score (nSPS) is 15.3. The maximum Gasteiger partial charge on any atom is 0.305 e. The predicted molar refractivity (Wildman–Crippen MR) is 55.6 cm³/mol. The summed E-state index contributed by atoms with van der Waals surface area (Å²) in [7, 11) is 1.42. The smallest absolute Gasteiger partial charge is 0.305 e. The molecule has 0 aliphatic heterocycles. The second-order valence-corrected chi connectivity index (χ2v) is 4.06. The highest BCUT2D eigenvalue weighted by Crippen LogP contribution is 2.41. The van der Waals surface area contributed by atoms with Crippen LogP contribution >= 0.6 is 0 Å². The molecule has 0 atom stereocenters. The maximum absolute atomic E-state index is 11.1. The highest BCUT2D eigenvalue weighted by molar-refractivity contribution is 5.69. The zero-order valence-corrected chi connectivity index (χ0v) is 9.17. The number of carbonyl (C=O) groups excluding carboxylic acids is 1. The van der Waals surface area contributed by atoms with Crippen LogP contribution in [0.4, 0.5) is 0 Å². The molecule has 1 aliphatic rings. The van der Waals surface area contributed by atoms with E-state index < -0.39 is 0 Å². The van der Waals surface area contributed by atoms with Crippen LogP contribution in [0.1, 0.15) is 42.1 Å². The lowest BCUT2D eigenvalue weighted by Gasteiger charge is -2.01. The second-order valence-electron chi connectivity index (χ2n) is 4.06. The number of H-pyrrole nitrogens is 1. The van der Waals surface area contributed by atoms with Crippen LogP contribution in [0.5, 0.6) is 0 Å². The first-order chi connectivity index (χ1) is 7.22. The van der Waals surface area contributed by atoms with Gasteiger partial charge in [0.15, 0.2) is 0 Å². The third kappa shape index (κ3) is 2.19. The lowest BCUT2D eigenvalue weighted by Crippen LogP contribution is -2.03. The van der Waals surface area contributed by atoms with Gasteiger partial charge in [-0.2, -0.15) is 5.10 Å². The molecule has 1 heterocycles. The van der Waals surface area contributed by atoms with Crippen molar-refractivity contribution >= 4 is 5.97 Å². The molecule has 0 radical (unpaired) electrons. The van der Waals surface area contributed by atoms with Crippen molar-refractivity contribution in [1.82, 2.24) is 10.2 Å². The number of aromatic nitrogens is 2. The Kier molecular flexibility index (Phi) is 2.75.